The van der Waals surface area contributed by atoms with Crippen molar-refractivity contribution in [1.29, 1.82) is 0 Å². The number of ether oxygens (including phenoxy) is 3. The van der Waals surface area contributed by atoms with Gasteiger partial charge in [-0.05, 0) is 35.4 Å². The van der Waals surface area contributed by atoms with Crippen LogP contribution in [0.2, 0.25) is 0 Å². The van der Waals surface area contributed by atoms with Crippen LogP contribution >= 0.6 is 24.0 Å². The van der Waals surface area contributed by atoms with Gasteiger partial charge in [-0.15, -0.1) is 24.0 Å². The molecule has 3 aromatic rings. The summed E-state index contributed by atoms with van der Waals surface area (Å²) in [6.45, 7) is 2.29. The lowest BCUT2D eigenvalue weighted by Gasteiger charge is -2.11. The summed E-state index contributed by atoms with van der Waals surface area (Å²) >= 11 is 0. The Balaban J connectivity index is 0.00000272. The molecular formula is C24H26IN3O3. The zero-order valence-corrected chi connectivity index (χ0v) is 19.5. The summed E-state index contributed by atoms with van der Waals surface area (Å²) in [5.41, 5.74) is 9.02. The van der Waals surface area contributed by atoms with Crippen LogP contribution in [0.15, 0.2) is 77.8 Å². The third kappa shape index (κ3) is 6.78. The van der Waals surface area contributed by atoms with E-state index in [1.807, 2.05) is 72.8 Å². The second-order valence-corrected chi connectivity index (χ2v) is 6.96. The third-order valence-electron chi connectivity index (χ3n) is 4.60. The van der Waals surface area contributed by atoms with Gasteiger partial charge in [0.15, 0.2) is 17.5 Å². The monoisotopic (exact) mass is 531 g/mol. The number of hydrogen-bond acceptors (Lipinski definition) is 4. The fraction of sp³-hybridized carbons (Fsp3) is 0.208. The number of guanidine groups is 1. The second kappa shape index (κ2) is 11.5. The van der Waals surface area contributed by atoms with Crippen LogP contribution in [0.4, 0.5) is 5.69 Å². The average molecular weight is 531 g/mol. The molecule has 0 aromatic heterocycles. The predicted octanol–water partition coefficient (Wildman–Crippen LogP) is 4.97. The molecule has 1 aliphatic rings. The Morgan fingerprint density at radius 2 is 1.68 bits per heavy atom. The number of aliphatic imine (C=N–C) groups is 1. The molecule has 0 unspecified atom stereocenters. The van der Waals surface area contributed by atoms with Crippen molar-refractivity contribution in [2.24, 2.45) is 10.7 Å². The number of benzene rings is 3. The summed E-state index contributed by atoms with van der Waals surface area (Å²) in [6, 6.07) is 23.6. The first kappa shape index (κ1) is 22.7. The minimum atomic E-state index is 0. The SMILES string of the molecule is I.NC(=NCc1cccc(OCc2ccccc2)c1)Nc1ccc2c(c1)OCCCO2. The Labute approximate surface area is 199 Å². The first-order valence-electron chi connectivity index (χ1n) is 9.98. The molecule has 0 saturated carbocycles. The van der Waals surface area contributed by atoms with Crippen molar-refractivity contribution in [3.05, 3.63) is 83.9 Å². The number of nitrogens with one attached hydrogen (secondary N) is 1. The Kier molecular flexibility index (Phi) is 8.40. The summed E-state index contributed by atoms with van der Waals surface area (Å²) in [6.07, 6.45) is 0.870. The van der Waals surface area contributed by atoms with E-state index in [1.54, 1.807) is 0 Å². The van der Waals surface area contributed by atoms with Gasteiger partial charge < -0.3 is 25.3 Å². The molecule has 1 heterocycles. The molecule has 31 heavy (non-hydrogen) atoms. The van der Waals surface area contributed by atoms with Gasteiger partial charge in [-0.1, -0.05) is 42.5 Å². The van der Waals surface area contributed by atoms with Gasteiger partial charge in [0, 0.05) is 18.2 Å². The number of nitrogens with zero attached hydrogens (tertiary/aromatic N) is 1. The zero-order valence-electron chi connectivity index (χ0n) is 17.1. The molecule has 4 rings (SSSR count). The molecule has 0 saturated heterocycles. The van der Waals surface area contributed by atoms with E-state index in [1.165, 1.54) is 0 Å². The van der Waals surface area contributed by atoms with Crippen LogP contribution in [0.5, 0.6) is 17.2 Å². The van der Waals surface area contributed by atoms with E-state index < -0.39 is 0 Å². The fourth-order valence-electron chi connectivity index (χ4n) is 3.08. The Hall–Kier alpha value is -2.94. The molecule has 0 amide bonds. The number of rotatable bonds is 6. The molecule has 162 valence electrons. The number of hydrogen-bond donors (Lipinski definition) is 2. The lowest BCUT2D eigenvalue weighted by molar-refractivity contribution is 0.297. The van der Waals surface area contributed by atoms with Crippen molar-refractivity contribution in [3.8, 4) is 17.2 Å². The maximum atomic E-state index is 6.07. The van der Waals surface area contributed by atoms with Gasteiger partial charge in [0.1, 0.15) is 12.4 Å². The quantitative estimate of drug-likeness (QED) is 0.267. The van der Waals surface area contributed by atoms with Crippen molar-refractivity contribution in [2.45, 2.75) is 19.6 Å². The van der Waals surface area contributed by atoms with Crippen molar-refractivity contribution in [1.82, 2.24) is 0 Å². The first-order chi connectivity index (χ1) is 14.8. The lowest BCUT2D eigenvalue weighted by atomic mass is 10.2. The highest BCUT2D eigenvalue weighted by Crippen LogP contribution is 2.32. The van der Waals surface area contributed by atoms with Crippen LogP contribution in [0.1, 0.15) is 17.5 Å². The molecule has 0 fully saturated rings. The van der Waals surface area contributed by atoms with Crippen molar-refractivity contribution in [2.75, 3.05) is 18.5 Å². The van der Waals surface area contributed by atoms with E-state index >= 15 is 0 Å². The van der Waals surface area contributed by atoms with Gasteiger partial charge in [-0.3, -0.25) is 0 Å². The summed E-state index contributed by atoms with van der Waals surface area (Å²) in [5, 5.41) is 3.10. The van der Waals surface area contributed by atoms with Crippen LogP contribution in [0, 0.1) is 0 Å². The first-order valence-corrected chi connectivity index (χ1v) is 9.98. The van der Waals surface area contributed by atoms with Gasteiger partial charge >= 0.3 is 0 Å². The lowest BCUT2D eigenvalue weighted by Crippen LogP contribution is -2.22. The highest BCUT2D eigenvalue weighted by molar-refractivity contribution is 14.0. The number of halogens is 1. The normalized spacial score (nSPS) is 13.0. The van der Waals surface area contributed by atoms with Gasteiger partial charge in [-0.2, -0.15) is 0 Å². The molecule has 1 aliphatic heterocycles. The summed E-state index contributed by atoms with van der Waals surface area (Å²) < 4.78 is 17.2. The summed E-state index contributed by atoms with van der Waals surface area (Å²) in [4.78, 5) is 4.44. The Bertz CT molecular complexity index is 1010. The standard InChI is InChI=1S/C24H25N3O3.HI/c25-24(27-20-10-11-22-23(15-20)29-13-5-12-28-22)26-16-19-8-4-9-21(14-19)30-17-18-6-2-1-3-7-18;/h1-4,6-11,14-15H,5,12-13,16-17H2,(H3,25,26,27);1H. The van der Waals surface area contributed by atoms with E-state index in [4.69, 9.17) is 19.9 Å². The Morgan fingerprint density at radius 1 is 0.903 bits per heavy atom. The minimum absolute atomic E-state index is 0. The predicted molar refractivity (Wildman–Crippen MR) is 134 cm³/mol. The molecule has 0 radical (unpaired) electrons. The van der Waals surface area contributed by atoms with E-state index in [-0.39, 0.29) is 24.0 Å². The van der Waals surface area contributed by atoms with Crippen molar-refractivity contribution >= 4 is 35.6 Å². The van der Waals surface area contributed by atoms with E-state index in [0.29, 0.717) is 38.1 Å². The summed E-state index contributed by atoms with van der Waals surface area (Å²) in [5.74, 6) is 2.61. The van der Waals surface area contributed by atoms with Crippen LogP contribution in [-0.4, -0.2) is 19.2 Å². The van der Waals surface area contributed by atoms with Crippen LogP contribution < -0.4 is 25.3 Å². The second-order valence-electron chi connectivity index (χ2n) is 6.96. The number of nitrogens with two attached hydrogens (primary N) is 1. The van der Waals surface area contributed by atoms with Crippen LogP contribution in [-0.2, 0) is 13.2 Å². The molecule has 7 heteroatoms. The van der Waals surface area contributed by atoms with Crippen molar-refractivity contribution < 1.29 is 14.2 Å². The van der Waals surface area contributed by atoms with Gasteiger partial charge in [0.2, 0.25) is 0 Å². The molecule has 6 nitrogen and oxygen atoms in total. The maximum absolute atomic E-state index is 6.07. The molecule has 0 spiro atoms. The van der Waals surface area contributed by atoms with Gasteiger partial charge in [-0.25, -0.2) is 4.99 Å². The van der Waals surface area contributed by atoms with E-state index in [2.05, 4.69) is 10.3 Å². The smallest absolute Gasteiger partial charge is 0.193 e. The molecule has 3 N–H and O–H groups in total. The van der Waals surface area contributed by atoms with E-state index in [9.17, 15) is 0 Å². The molecular weight excluding hydrogens is 505 g/mol. The molecule has 0 bridgehead atoms. The van der Waals surface area contributed by atoms with Gasteiger partial charge in [0.05, 0.1) is 19.8 Å². The Morgan fingerprint density at radius 3 is 2.52 bits per heavy atom. The zero-order chi connectivity index (χ0) is 20.6. The van der Waals surface area contributed by atoms with E-state index in [0.717, 1.165) is 34.7 Å². The topological polar surface area (TPSA) is 78.1 Å². The maximum Gasteiger partial charge on any atom is 0.193 e. The molecule has 3 aromatic carbocycles. The minimum Gasteiger partial charge on any atom is -0.490 e. The van der Waals surface area contributed by atoms with Crippen LogP contribution in [0.25, 0.3) is 0 Å². The fourth-order valence-corrected chi connectivity index (χ4v) is 3.08. The van der Waals surface area contributed by atoms with Crippen LogP contribution in [0.3, 0.4) is 0 Å². The average Bonchev–Trinajstić information content (AvgIpc) is 3.02. The number of anilines is 1. The summed E-state index contributed by atoms with van der Waals surface area (Å²) in [7, 11) is 0. The largest absolute Gasteiger partial charge is 0.490 e. The highest BCUT2D eigenvalue weighted by atomic mass is 127. The highest BCUT2D eigenvalue weighted by Gasteiger charge is 2.10. The molecule has 0 atom stereocenters. The number of fused-ring (bicyclic) bond motifs is 1. The van der Waals surface area contributed by atoms with Crippen molar-refractivity contribution in [3.63, 3.8) is 0 Å². The van der Waals surface area contributed by atoms with Gasteiger partial charge in [0.25, 0.3) is 0 Å². The third-order valence-corrected chi connectivity index (χ3v) is 4.60. The molecule has 0 aliphatic carbocycles.